The molecule has 1 aromatic carbocycles. The van der Waals surface area contributed by atoms with Gasteiger partial charge in [-0.15, -0.1) is 0 Å². The van der Waals surface area contributed by atoms with Crippen molar-refractivity contribution in [3.63, 3.8) is 0 Å². The van der Waals surface area contributed by atoms with Crippen molar-refractivity contribution >= 4 is 17.5 Å². The van der Waals surface area contributed by atoms with Crippen molar-refractivity contribution in [3.8, 4) is 11.5 Å². The monoisotopic (exact) mass is 298 g/mol. The number of ether oxygens (including phenoxy) is 2. The first-order valence-corrected chi connectivity index (χ1v) is 7.00. The van der Waals surface area contributed by atoms with Crippen molar-refractivity contribution in [2.24, 2.45) is 5.92 Å². The molecule has 0 saturated heterocycles. The number of halogens is 1. The number of amides is 1. The quantitative estimate of drug-likeness (QED) is 0.866. The predicted octanol–water partition coefficient (Wildman–Crippen LogP) is 1.58. The lowest BCUT2D eigenvalue weighted by Gasteiger charge is -2.20. The van der Waals surface area contributed by atoms with Crippen LogP contribution in [0.15, 0.2) is 12.1 Å². The molecule has 2 rings (SSSR count). The Morgan fingerprint density at radius 2 is 2.15 bits per heavy atom. The summed E-state index contributed by atoms with van der Waals surface area (Å²) in [5.74, 6) is 1.14. The first kappa shape index (κ1) is 14.9. The smallest absolute Gasteiger partial charge is 0.224 e. The van der Waals surface area contributed by atoms with E-state index in [4.69, 9.17) is 21.1 Å². The Hall–Kier alpha value is -1.46. The summed E-state index contributed by atoms with van der Waals surface area (Å²) in [4.78, 5) is 11.8. The highest BCUT2D eigenvalue weighted by Crippen LogP contribution is 2.38. The molecule has 5 nitrogen and oxygen atoms in total. The van der Waals surface area contributed by atoms with Crippen LogP contribution in [-0.4, -0.2) is 32.7 Å². The number of hydrogen-bond acceptors (Lipinski definition) is 4. The molecule has 0 fully saturated rings. The Kier molecular flexibility index (Phi) is 5.09. The third-order valence-corrected chi connectivity index (χ3v) is 3.36. The normalized spacial score (nSPS) is 14.8. The molecular weight excluding hydrogens is 280 g/mol. The fourth-order valence-corrected chi connectivity index (χ4v) is 2.32. The van der Waals surface area contributed by atoms with Crippen LogP contribution < -0.4 is 20.1 Å². The zero-order valence-electron chi connectivity index (χ0n) is 11.7. The fraction of sp³-hybridized carbons (Fsp3) is 0.500. The van der Waals surface area contributed by atoms with Gasteiger partial charge in [0.05, 0.1) is 5.02 Å². The SMILES string of the molecule is CNCC(C)C(=O)NCc1cc(Cl)c2c(c1)OCCO2. The second-order valence-electron chi connectivity index (χ2n) is 4.78. The molecule has 110 valence electrons. The lowest BCUT2D eigenvalue weighted by molar-refractivity contribution is -0.124. The van der Waals surface area contributed by atoms with E-state index in [-0.39, 0.29) is 11.8 Å². The third-order valence-electron chi connectivity index (χ3n) is 3.08. The van der Waals surface area contributed by atoms with E-state index in [1.54, 1.807) is 6.07 Å². The van der Waals surface area contributed by atoms with Crippen LogP contribution in [0.3, 0.4) is 0 Å². The van der Waals surface area contributed by atoms with Crippen LogP contribution in [-0.2, 0) is 11.3 Å². The number of hydrogen-bond donors (Lipinski definition) is 2. The summed E-state index contributed by atoms with van der Waals surface area (Å²) in [5, 5.41) is 6.37. The largest absolute Gasteiger partial charge is 0.486 e. The summed E-state index contributed by atoms with van der Waals surface area (Å²) >= 11 is 6.15. The van der Waals surface area contributed by atoms with Crippen molar-refractivity contribution in [1.82, 2.24) is 10.6 Å². The Labute approximate surface area is 123 Å². The van der Waals surface area contributed by atoms with Gasteiger partial charge in [-0.25, -0.2) is 0 Å². The van der Waals surface area contributed by atoms with E-state index in [2.05, 4.69) is 10.6 Å². The van der Waals surface area contributed by atoms with E-state index in [0.29, 0.717) is 42.8 Å². The van der Waals surface area contributed by atoms with Gasteiger partial charge in [0.1, 0.15) is 13.2 Å². The highest BCUT2D eigenvalue weighted by molar-refractivity contribution is 6.32. The maximum absolute atomic E-state index is 11.8. The van der Waals surface area contributed by atoms with Crippen LogP contribution in [0.1, 0.15) is 12.5 Å². The molecule has 0 bridgehead atoms. The van der Waals surface area contributed by atoms with Gasteiger partial charge < -0.3 is 20.1 Å². The molecule has 2 N–H and O–H groups in total. The molecule has 1 heterocycles. The molecule has 1 amide bonds. The highest BCUT2D eigenvalue weighted by Gasteiger charge is 2.17. The number of fused-ring (bicyclic) bond motifs is 1. The van der Waals surface area contributed by atoms with Crippen molar-refractivity contribution in [3.05, 3.63) is 22.7 Å². The van der Waals surface area contributed by atoms with Crippen LogP contribution in [0.2, 0.25) is 5.02 Å². The maximum atomic E-state index is 11.8. The van der Waals surface area contributed by atoms with Gasteiger partial charge in [-0.2, -0.15) is 0 Å². The molecule has 1 unspecified atom stereocenters. The summed E-state index contributed by atoms with van der Waals surface area (Å²) in [7, 11) is 1.82. The van der Waals surface area contributed by atoms with Gasteiger partial charge in [-0.3, -0.25) is 4.79 Å². The summed E-state index contributed by atoms with van der Waals surface area (Å²) in [6.07, 6.45) is 0. The van der Waals surface area contributed by atoms with Gasteiger partial charge in [-0.05, 0) is 24.7 Å². The average Bonchev–Trinajstić information content (AvgIpc) is 2.45. The Morgan fingerprint density at radius 1 is 1.40 bits per heavy atom. The van der Waals surface area contributed by atoms with Gasteiger partial charge in [0.15, 0.2) is 11.5 Å². The standard InChI is InChI=1S/C14H19ClN2O3/c1-9(7-16-2)14(18)17-8-10-5-11(15)13-12(6-10)19-3-4-20-13/h5-6,9,16H,3-4,7-8H2,1-2H3,(H,17,18). The van der Waals surface area contributed by atoms with Gasteiger partial charge >= 0.3 is 0 Å². The first-order chi connectivity index (χ1) is 9.61. The molecule has 1 aliphatic heterocycles. The van der Waals surface area contributed by atoms with Gasteiger partial charge in [0.25, 0.3) is 0 Å². The number of benzene rings is 1. The molecule has 0 saturated carbocycles. The Bertz CT molecular complexity index is 494. The Balaban J connectivity index is 2.00. The van der Waals surface area contributed by atoms with Crippen LogP contribution in [0.4, 0.5) is 0 Å². The van der Waals surface area contributed by atoms with Crippen LogP contribution in [0, 0.1) is 5.92 Å². The second kappa shape index (κ2) is 6.81. The lowest BCUT2D eigenvalue weighted by Crippen LogP contribution is -2.33. The molecule has 1 aliphatic rings. The molecule has 20 heavy (non-hydrogen) atoms. The summed E-state index contributed by atoms with van der Waals surface area (Å²) < 4.78 is 11.0. The Morgan fingerprint density at radius 3 is 2.90 bits per heavy atom. The minimum absolute atomic E-state index is 0.00496. The average molecular weight is 299 g/mol. The zero-order chi connectivity index (χ0) is 14.5. The predicted molar refractivity (Wildman–Crippen MR) is 77.4 cm³/mol. The third kappa shape index (κ3) is 3.55. The van der Waals surface area contributed by atoms with Crippen LogP contribution >= 0.6 is 11.6 Å². The maximum Gasteiger partial charge on any atom is 0.224 e. The molecule has 0 aliphatic carbocycles. The molecule has 6 heteroatoms. The molecule has 1 aromatic rings. The summed E-state index contributed by atoms with van der Waals surface area (Å²) in [6, 6.07) is 3.64. The molecule has 0 aromatic heterocycles. The lowest BCUT2D eigenvalue weighted by atomic mass is 10.1. The summed E-state index contributed by atoms with van der Waals surface area (Å²) in [6.45, 7) is 3.96. The van der Waals surface area contributed by atoms with Crippen molar-refractivity contribution in [1.29, 1.82) is 0 Å². The topological polar surface area (TPSA) is 59.6 Å². The van der Waals surface area contributed by atoms with Crippen LogP contribution in [0.5, 0.6) is 11.5 Å². The first-order valence-electron chi connectivity index (χ1n) is 6.62. The van der Waals surface area contributed by atoms with E-state index in [0.717, 1.165) is 5.56 Å². The van der Waals surface area contributed by atoms with E-state index in [9.17, 15) is 4.79 Å². The molecule has 0 spiro atoms. The number of carbonyl (C=O) groups excluding carboxylic acids is 1. The number of rotatable bonds is 5. The van der Waals surface area contributed by atoms with Gasteiger partial charge in [0, 0.05) is 19.0 Å². The van der Waals surface area contributed by atoms with E-state index >= 15 is 0 Å². The minimum atomic E-state index is -0.0762. The van der Waals surface area contributed by atoms with E-state index in [1.165, 1.54) is 0 Å². The molecular formula is C14H19ClN2O3. The van der Waals surface area contributed by atoms with Gasteiger partial charge in [0.2, 0.25) is 5.91 Å². The van der Waals surface area contributed by atoms with Crippen molar-refractivity contribution in [2.45, 2.75) is 13.5 Å². The highest BCUT2D eigenvalue weighted by atomic mass is 35.5. The number of carbonyl (C=O) groups is 1. The van der Waals surface area contributed by atoms with Crippen molar-refractivity contribution in [2.75, 3.05) is 26.8 Å². The van der Waals surface area contributed by atoms with Gasteiger partial charge in [-0.1, -0.05) is 18.5 Å². The number of nitrogens with one attached hydrogen (secondary N) is 2. The zero-order valence-corrected chi connectivity index (χ0v) is 12.4. The fourth-order valence-electron chi connectivity index (χ4n) is 2.03. The van der Waals surface area contributed by atoms with Crippen molar-refractivity contribution < 1.29 is 14.3 Å². The molecule has 0 radical (unpaired) electrons. The molecule has 1 atom stereocenters. The van der Waals surface area contributed by atoms with Crippen LogP contribution in [0.25, 0.3) is 0 Å². The second-order valence-corrected chi connectivity index (χ2v) is 5.19. The van der Waals surface area contributed by atoms with E-state index < -0.39 is 0 Å². The van der Waals surface area contributed by atoms with E-state index in [1.807, 2.05) is 20.0 Å². The minimum Gasteiger partial charge on any atom is -0.486 e. The summed E-state index contributed by atoms with van der Waals surface area (Å²) in [5.41, 5.74) is 0.893.